The zero-order valence-corrected chi connectivity index (χ0v) is 20.3. The van der Waals surface area contributed by atoms with Crippen LogP contribution in [-0.4, -0.2) is 65.3 Å². The minimum Gasteiger partial charge on any atom is -0.378 e. The predicted molar refractivity (Wildman–Crippen MR) is 128 cm³/mol. The Bertz CT molecular complexity index is 1040. The molecule has 1 aromatic heterocycles. The summed E-state index contributed by atoms with van der Waals surface area (Å²) in [5.74, 6) is -0.0318. The predicted octanol–water partition coefficient (Wildman–Crippen LogP) is 4.63. The van der Waals surface area contributed by atoms with E-state index in [1.54, 1.807) is 30.0 Å². The molecule has 0 radical (unpaired) electrons. The molecular weight excluding hydrogens is 487 g/mol. The Morgan fingerprint density at radius 3 is 2.65 bits per heavy atom. The normalized spacial score (nSPS) is 21.5. The van der Waals surface area contributed by atoms with Crippen molar-refractivity contribution in [1.29, 1.82) is 0 Å². The zero-order chi connectivity index (χ0) is 24.2. The van der Waals surface area contributed by atoms with Gasteiger partial charge in [-0.3, -0.25) is 4.79 Å². The lowest BCUT2D eigenvalue weighted by Crippen LogP contribution is -2.52. The van der Waals surface area contributed by atoms with Gasteiger partial charge in [0.05, 0.1) is 16.7 Å². The highest BCUT2D eigenvalue weighted by molar-refractivity contribution is 6.42. The van der Waals surface area contributed by atoms with Crippen LogP contribution in [0, 0.1) is 6.92 Å². The van der Waals surface area contributed by atoms with Crippen LogP contribution in [-0.2, 0) is 11.4 Å². The standard InChI is InChI=1S/C23H27Cl2F2N5O2/c1-13-21(30-20(11-26)31-22(13)29-15-2-3-16(24)17(25)10-15)23(33)32-7-4-14(5-8-32)28-19-6-9-34-12-18(19)27/h2-3,10,14,18-19,28H,4-9,11-12H2,1H3,(H,29,30,31)/t18-,19+/m0/s1. The van der Waals surface area contributed by atoms with Crippen LogP contribution in [0.1, 0.15) is 41.1 Å². The van der Waals surface area contributed by atoms with Gasteiger partial charge in [-0.05, 0) is 44.4 Å². The summed E-state index contributed by atoms with van der Waals surface area (Å²) >= 11 is 12.1. The fraction of sp³-hybridized carbons (Fsp3) is 0.522. The van der Waals surface area contributed by atoms with Gasteiger partial charge in [0, 0.05) is 43.0 Å². The van der Waals surface area contributed by atoms with E-state index in [0.29, 0.717) is 66.1 Å². The Morgan fingerprint density at radius 1 is 1.21 bits per heavy atom. The molecule has 0 bridgehead atoms. The monoisotopic (exact) mass is 513 g/mol. The third-order valence-electron chi connectivity index (χ3n) is 6.22. The smallest absolute Gasteiger partial charge is 0.272 e. The van der Waals surface area contributed by atoms with Crippen LogP contribution in [0.2, 0.25) is 10.0 Å². The number of piperidine rings is 1. The summed E-state index contributed by atoms with van der Waals surface area (Å²) in [5.41, 5.74) is 1.27. The number of ether oxygens (including phenoxy) is 1. The maximum atomic E-state index is 14.1. The van der Waals surface area contributed by atoms with Gasteiger partial charge in [-0.15, -0.1) is 0 Å². The lowest BCUT2D eigenvalue weighted by Gasteiger charge is -2.36. The molecule has 2 aromatic rings. The number of carbonyl (C=O) groups excluding carboxylic acids is 1. The zero-order valence-electron chi connectivity index (χ0n) is 18.8. The molecule has 34 heavy (non-hydrogen) atoms. The second-order valence-corrected chi connectivity index (χ2v) is 9.38. The van der Waals surface area contributed by atoms with E-state index in [2.05, 4.69) is 20.6 Å². The molecule has 0 aliphatic carbocycles. The van der Waals surface area contributed by atoms with E-state index >= 15 is 0 Å². The largest absolute Gasteiger partial charge is 0.378 e. The average Bonchev–Trinajstić information content (AvgIpc) is 2.84. The minimum atomic E-state index is -1.02. The molecule has 0 spiro atoms. The topological polar surface area (TPSA) is 79.4 Å². The third-order valence-corrected chi connectivity index (χ3v) is 6.95. The summed E-state index contributed by atoms with van der Waals surface area (Å²) in [4.78, 5) is 23.4. The Balaban J connectivity index is 1.45. The summed E-state index contributed by atoms with van der Waals surface area (Å²) in [6.07, 6.45) is 1.02. The van der Waals surface area contributed by atoms with Crippen molar-refractivity contribution in [2.24, 2.45) is 0 Å². The Hall–Kier alpha value is -2.07. The first-order valence-electron chi connectivity index (χ1n) is 11.3. The first-order valence-corrected chi connectivity index (χ1v) is 12.0. The summed E-state index contributed by atoms with van der Waals surface area (Å²) < 4.78 is 32.7. The van der Waals surface area contributed by atoms with Gasteiger partial charge >= 0.3 is 0 Å². The van der Waals surface area contributed by atoms with Crippen molar-refractivity contribution in [2.45, 2.75) is 51.1 Å². The highest BCUT2D eigenvalue weighted by Gasteiger charge is 2.31. The number of hydrogen-bond acceptors (Lipinski definition) is 6. The number of anilines is 2. The molecule has 1 aromatic carbocycles. The third kappa shape index (κ3) is 5.76. The molecule has 184 valence electrons. The Kier molecular flexibility index (Phi) is 8.18. The lowest BCUT2D eigenvalue weighted by atomic mass is 10.00. The molecule has 4 rings (SSSR count). The Labute approximate surface area is 207 Å². The Morgan fingerprint density at radius 2 is 1.97 bits per heavy atom. The maximum Gasteiger partial charge on any atom is 0.272 e. The molecule has 2 fully saturated rings. The number of hydrogen-bond donors (Lipinski definition) is 2. The molecule has 11 heteroatoms. The number of carbonyl (C=O) groups is 1. The van der Waals surface area contributed by atoms with Crippen LogP contribution in [0.4, 0.5) is 20.3 Å². The highest BCUT2D eigenvalue weighted by atomic mass is 35.5. The van der Waals surface area contributed by atoms with E-state index in [0.717, 1.165) is 0 Å². The van der Waals surface area contributed by atoms with Crippen molar-refractivity contribution in [2.75, 3.05) is 31.6 Å². The van der Waals surface area contributed by atoms with Crippen LogP contribution < -0.4 is 10.6 Å². The van der Waals surface area contributed by atoms with E-state index < -0.39 is 12.8 Å². The van der Waals surface area contributed by atoms with Crippen molar-refractivity contribution in [3.8, 4) is 0 Å². The number of likely N-dealkylation sites (tertiary alicyclic amines) is 1. The number of halogens is 4. The van der Waals surface area contributed by atoms with Crippen molar-refractivity contribution in [3.63, 3.8) is 0 Å². The minimum absolute atomic E-state index is 0.0819. The van der Waals surface area contributed by atoms with Crippen molar-refractivity contribution in [3.05, 3.63) is 45.3 Å². The van der Waals surface area contributed by atoms with Gasteiger partial charge < -0.3 is 20.3 Å². The van der Waals surface area contributed by atoms with Gasteiger partial charge in [-0.2, -0.15) is 0 Å². The van der Waals surface area contributed by atoms with Gasteiger partial charge in [0.25, 0.3) is 5.91 Å². The fourth-order valence-corrected chi connectivity index (χ4v) is 4.55. The second kappa shape index (κ2) is 11.1. The van der Waals surface area contributed by atoms with Crippen LogP contribution in [0.5, 0.6) is 0 Å². The molecule has 2 aliphatic heterocycles. The van der Waals surface area contributed by atoms with Gasteiger partial charge in [-0.1, -0.05) is 23.2 Å². The number of rotatable bonds is 6. The number of alkyl halides is 2. The number of aromatic nitrogens is 2. The molecule has 0 saturated carbocycles. The van der Waals surface area contributed by atoms with E-state index in [4.69, 9.17) is 27.9 Å². The molecule has 7 nitrogen and oxygen atoms in total. The van der Waals surface area contributed by atoms with E-state index in [9.17, 15) is 13.6 Å². The quantitative estimate of drug-likeness (QED) is 0.586. The van der Waals surface area contributed by atoms with Crippen LogP contribution in [0.25, 0.3) is 0 Å². The summed E-state index contributed by atoms with van der Waals surface area (Å²) in [5, 5.41) is 7.23. The lowest BCUT2D eigenvalue weighted by molar-refractivity contribution is 0.00840. The van der Waals surface area contributed by atoms with Crippen molar-refractivity contribution in [1.82, 2.24) is 20.2 Å². The molecule has 0 unspecified atom stereocenters. The first kappa shape index (κ1) is 25.0. The highest BCUT2D eigenvalue weighted by Crippen LogP contribution is 2.28. The number of nitrogens with zero attached hydrogens (tertiary/aromatic N) is 3. The fourth-order valence-electron chi connectivity index (χ4n) is 4.26. The van der Waals surface area contributed by atoms with Crippen LogP contribution >= 0.6 is 23.2 Å². The molecule has 3 heterocycles. The molecule has 2 atom stereocenters. The number of nitrogens with one attached hydrogen (secondary N) is 2. The van der Waals surface area contributed by atoms with Crippen LogP contribution in [0.3, 0.4) is 0 Å². The van der Waals surface area contributed by atoms with Gasteiger partial charge in [0.1, 0.15) is 24.4 Å². The second-order valence-electron chi connectivity index (χ2n) is 8.57. The molecular formula is C23H27Cl2F2N5O2. The SMILES string of the molecule is Cc1c(Nc2ccc(Cl)c(Cl)c2)nc(CF)nc1C(=O)N1CCC(N[C@@H]2CCOC[C@@H]2F)CC1. The van der Waals surface area contributed by atoms with Crippen molar-refractivity contribution >= 4 is 40.6 Å². The molecule has 2 aliphatic rings. The molecule has 1 amide bonds. The van der Waals surface area contributed by atoms with E-state index in [-0.39, 0.29) is 36.1 Å². The average molecular weight is 514 g/mol. The molecule has 2 N–H and O–H groups in total. The maximum absolute atomic E-state index is 14.1. The first-order chi connectivity index (χ1) is 16.4. The summed E-state index contributed by atoms with van der Waals surface area (Å²) in [6, 6.07) is 4.89. The summed E-state index contributed by atoms with van der Waals surface area (Å²) in [7, 11) is 0. The van der Waals surface area contributed by atoms with E-state index in [1.807, 2.05) is 0 Å². The van der Waals surface area contributed by atoms with Gasteiger partial charge in [0.2, 0.25) is 0 Å². The van der Waals surface area contributed by atoms with Crippen LogP contribution in [0.15, 0.2) is 18.2 Å². The van der Waals surface area contributed by atoms with Gasteiger partial charge in [0.15, 0.2) is 5.82 Å². The number of amides is 1. The molecule has 2 saturated heterocycles. The van der Waals surface area contributed by atoms with Gasteiger partial charge in [-0.25, -0.2) is 18.7 Å². The van der Waals surface area contributed by atoms with E-state index in [1.165, 1.54) is 0 Å². The summed E-state index contributed by atoms with van der Waals surface area (Å²) in [6.45, 7) is 2.49. The number of benzene rings is 1. The van der Waals surface area contributed by atoms with Crippen molar-refractivity contribution < 1.29 is 18.3 Å².